The minimum atomic E-state index is -1.74. The molecule has 0 bridgehead atoms. The van der Waals surface area contributed by atoms with Crippen LogP contribution in [-0.4, -0.2) is 62.3 Å². The fourth-order valence-electron chi connectivity index (χ4n) is 5.32. The van der Waals surface area contributed by atoms with Crippen molar-refractivity contribution in [3.8, 4) is 0 Å². The van der Waals surface area contributed by atoms with E-state index in [1.807, 2.05) is 6.92 Å². The van der Waals surface area contributed by atoms with E-state index in [4.69, 9.17) is 16.3 Å². The number of carbonyl (C=O) groups excluding carboxylic acids is 2. The number of ether oxygens (including phenoxy) is 1. The predicted molar refractivity (Wildman–Crippen MR) is 111 cm³/mol. The maximum atomic E-state index is 14.2. The largest absolute Gasteiger partial charge is 0.507 e. The van der Waals surface area contributed by atoms with Gasteiger partial charge in [-0.2, -0.15) is 0 Å². The van der Waals surface area contributed by atoms with Gasteiger partial charge in [-0.25, -0.2) is 8.78 Å². The van der Waals surface area contributed by atoms with E-state index in [9.17, 15) is 28.6 Å². The van der Waals surface area contributed by atoms with Crippen molar-refractivity contribution < 1.29 is 33.3 Å². The van der Waals surface area contributed by atoms with Gasteiger partial charge >= 0.3 is 0 Å². The Morgan fingerprint density at radius 1 is 1.39 bits per heavy atom. The number of nitrogens with zero attached hydrogens (tertiary/aromatic N) is 2. The number of amides is 2. The lowest BCUT2D eigenvalue weighted by molar-refractivity contribution is -0.170. The van der Waals surface area contributed by atoms with Gasteiger partial charge in [-0.15, -0.1) is 0 Å². The highest BCUT2D eigenvalue weighted by atomic mass is 35.5. The first kappa shape index (κ1) is 22.1. The average molecular weight is 482 g/mol. The quantitative estimate of drug-likeness (QED) is 0.571. The molecule has 3 N–H and O–H groups in total. The number of nitrogens with one attached hydrogen (secondary N) is 1. The zero-order chi connectivity index (χ0) is 23.7. The molecule has 2 amide bonds. The first-order chi connectivity index (χ1) is 15.7. The van der Waals surface area contributed by atoms with Crippen LogP contribution in [0.4, 0.5) is 8.78 Å². The van der Waals surface area contributed by atoms with Crippen molar-refractivity contribution in [2.75, 3.05) is 6.54 Å². The topological polar surface area (TPSA) is 102 Å². The summed E-state index contributed by atoms with van der Waals surface area (Å²) >= 11 is 5.58. The van der Waals surface area contributed by atoms with Gasteiger partial charge in [0.2, 0.25) is 0 Å². The molecule has 0 aromatic heterocycles. The molecule has 3 aliphatic heterocycles. The summed E-state index contributed by atoms with van der Waals surface area (Å²) in [6, 6.07) is 1.80. The molecule has 2 saturated heterocycles. The minimum Gasteiger partial charge on any atom is -0.507 e. The van der Waals surface area contributed by atoms with Gasteiger partial charge in [-0.1, -0.05) is 17.7 Å². The Balaban J connectivity index is 1.44. The molecule has 33 heavy (non-hydrogen) atoms. The van der Waals surface area contributed by atoms with E-state index in [-0.39, 0.29) is 35.5 Å². The van der Waals surface area contributed by atoms with Crippen LogP contribution in [0.1, 0.15) is 31.7 Å². The third-order valence-corrected chi connectivity index (χ3v) is 7.11. The lowest BCUT2D eigenvalue weighted by Gasteiger charge is -2.50. The van der Waals surface area contributed by atoms with Crippen molar-refractivity contribution in [2.45, 2.75) is 56.7 Å². The third kappa shape index (κ3) is 3.15. The summed E-state index contributed by atoms with van der Waals surface area (Å²) < 4.78 is 33.7. The Labute approximate surface area is 193 Å². The number of carbonyl (C=O) groups is 2. The number of fused-ring (bicyclic) bond motifs is 2. The third-order valence-electron chi connectivity index (χ3n) is 6.77. The van der Waals surface area contributed by atoms with Gasteiger partial charge in [0, 0.05) is 24.9 Å². The van der Waals surface area contributed by atoms with Gasteiger partial charge in [-0.05, 0) is 32.3 Å². The zero-order valence-electron chi connectivity index (χ0n) is 17.6. The van der Waals surface area contributed by atoms with E-state index in [0.717, 1.165) is 18.6 Å². The summed E-state index contributed by atoms with van der Waals surface area (Å²) in [5.41, 5.74) is -1.18. The van der Waals surface area contributed by atoms with Crippen LogP contribution in [0.15, 0.2) is 35.4 Å². The second-order valence-electron chi connectivity index (χ2n) is 8.74. The maximum absolute atomic E-state index is 14.2. The second kappa shape index (κ2) is 7.68. The normalized spacial score (nSPS) is 30.8. The van der Waals surface area contributed by atoms with E-state index >= 15 is 0 Å². The van der Waals surface area contributed by atoms with Gasteiger partial charge in [-0.3, -0.25) is 9.59 Å². The number of aliphatic hydroxyl groups is 2. The molecule has 11 heteroatoms. The molecular weight excluding hydrogens is 460 g/mol. The van der Waals surface area contributed by atoms with Crippen molar-refractivity contribution in [2.24, 2.45) is 0 Å². The number of hydrogen-bond donors (Lipinski definition) is 3. The molecule has 3 heterocycles. The molecule has 4 atom stereocenters. The fourth-order valence-corrected chi connectivity index (χ4v) is 5.50. The molecule has 4 aliphatic rings. The van der Waals surface area contributed by atoms with Crippen LogP contribution in [0.25, 0.3) is 0 Å². The lowest BCUT2D eigenvalue weighted by atomic mass is 9.93. The van der Waals surface area contributed by atoms with Gasteiger partial charge in [0.05, 0.1) is 17.7 Å². The molecule has 8 nitrogen and oxygen atoms in total. The summed E-state index contributed by atoms with van der Waals surface area (Å²) in [5.74, 6) is -3.79. The monoisotopic (exact) mass is 481 g/mol. The highest BCUT2D eigenvalue weighted by Gasteiger charge is 2.63. The van der Waals surface area contributed by atoms with Crippen LogP contribution in [0.5, 0.6) is 0 Å². The Morgan fingerprint density at radius 2 is 2.15 bits per heavy atom. The number of benzene rings is 1. The van der Waals surface area contributed by atoms with Crippen LogP contribution in [-0.2, 0) is 20.9 Å². The van der Waals surface area contributed by atoms with Crippen LogP contribution < -0.4 is 5.32 Å². The van der Waals surface area contributed by atoms with Crippen molar-refractivity contribution >= 4 is 23.4 Å². The Hall–Kier alpha value is -2.69. The standard InChI is InChI=1S/C22H22ClF2N3O5/c1-10-8-28-21(32)17-19(30)18(29)12(9-27(17)14-3-2-6-22(14,28)33-10)20(31)26-7-11-4-5-13(24)15(23)16(11)25/h4-5,9-10,14,18,29-30H,2-3,6-8H2,1H3,(H,26,31)/t10-,14+,18?,22?/m0/s1. The van der Waals surface area contributed by atoms with E-state index in [1.165, 1.54) is 11.1 Å². The maximum Gasteiger partial charge on any atom is 0.276 e. The second-order valence-corrected chi connectivity index (χ2v) is 9.12. The van der Waals surface area contributed by atoms with Crippen LogP contribution in [0, 0.1) is 11.6 Å². The van der Waals surface area contributed by atoms with Gasteiger partial charge in [0.1, 0.15) is 28.5 Å². The molecule has 1 aromatic rings. The molecule has 3 fully saturated rings. The van der Waals surface area contributed by atoms with Gasteiger partial charge in [0.25, 0.3) is 11.8 Å². The molecule has 176 valence electrons. The van der Waals surface area contributed by atoms with E-state index in [2.05, 4.69) is 5.32 Å². The van der Waals surface area contributed by atoms with Crippen molar-refractivity contribution in [1.29, 1.82) is 0 Å². The fraction of sp³-hybridized carbons (Fsp3) is 0.455. The van der Waals surface area contributed by atoms with E-state index < -0.39 is 46.1 Å². The summed E-state index contributed by atoms with van der Waals surface area (Å²) in [4.78, 5) is 29.2. The number of rotatable bonds is 3. The Kier molecular flexibility index (Phi) is 5.15. The zero-order valence-corrected chi connectivity index (χ0v) is 18.4. The van der Waals surface area contributed by atoms with E-state index in [1.54, 1.807) is 4.90 Å². The molecular formula is C22H22ClF2N3O5. The SMILES string of the molecule is C[C@H]1CN2C(=O)C3=C(O)C(O)C(C(=O)NCc4ccc(F)c(Cl)c4F)=CN3[C@@H]3CCCC32O1. The van der Waals surface area contributed by atoms with Crippen molar-refractivity contribution in [1.82, 2.24) is 15.1 Å². The van der Waals surface area contributed by atoms with Gasteiger partial charge in [0.15, 0.2) is 11.5 Å². The van der Waals surface area contributed by atoms with Crippen LogP contribution in [0.3, 0.4) is 0 Å². The molecule has 1 aromatic carbocycles. The number of piperazine rings is 1. The van der Waals surface area contributed by atoms with Crippen LogP contribution >= 0.6 is 11.6 Å². The summed E-state index contributed by atoms with van der Waals surface area (Å²) in [7, 11) is 0. The summed E-state index contributed by atoms with van der Waals surface area (Å²) in [5, 5.41) is 23.1. The smallest absolute Gasteiger partial charge is 0.276 e. The van der Waals surface area contributed by atoms with Crippen molar-refractivity contribution in [3.63, 3.8) is 0 Å². The number of hydrogen-bond acceptors (Lipinski definition) is 6. The lowest BCUT2D eigenvalue weighted by Crippen LogP contribution is -2.65. The molecule has 5 rings (SSSR count). The Morgan fingerprint density at radius 3 is 2.91 bits per heavy atom. The molecule has 1 spiro atoms. The molecule has 1 aliphatic carbocycles. The first-order valence-electron chi connectivity index (χ1n) is 10.7. The van der Waals surface area contributed by atoms with Crippen LogP contribution in [0.2, 0.25) is 5.02 Å². The minimum absolute atomic E-state index is 0.0482. The van der Waals surface area contributed by atoms with E-state index in [0.29, 0.717) is 19.4 Å². The molecule has 0 radical (unpaired) electrons. The average Bonchev–Trinajstić information content (AvgIpc) is 3.35. The highest BCUT2D eigenvalue weighted by Crippen LogP contribution is 2.50. The molecule has 1 saturated carbocycles. The predicted octanol–water partition coefficient (Wildman–Crippen LogP) is 2.07. The number of halogens is 3. The summed E-state index contributed by atoms with van der Waals surface area (Å²) in [6.07, 6.45) is 1.50. The Bertz CT molecular complexity index is 1130. The first-order valence-corrected chi connectivity index (χ1v) is 11.0. The van der Waals surface area contributed by atoms with Crippen molar-refractivity contribution in [3.05, 3.63) is 57.6 Å². The molecule has 2 unspecified atom stereocenters. The summed E-state index contributed by atoms with van der Waals surface area (Å²) in [6.45, 7) is 1.92. The number of aliphatic hydroxyl groups excluding tert-OH is 2. The highest BCUT2D eigenvalue weighted by molar-refractivity contribution is 6.30. The van der Waals surface area contributed by atoms with Gasteiger partial charge < -0.3 is 30.1 Å².